The Balaban J connectivity index is 1.73. The van der Waals surface area contributed by atoms with E-state index in [0.29, 0.717) is 13.1 Å². The van der Waals surface area contributed by atoms with E-state index in [9.17, 15) is 14.0 Å². The fraction of sp³-hybridized carbons (Fsp3) is 0.280. The molecule has 2 heterocycles. The van der Waals surface area contributed by atoms with Gasteiger partial charge in [0.15, 0.2) is 0 Å². The number of amides is 2. The maximum absolute atomic E-state index is 14.2. The van der Waals surface area contributed by atoms with Crippen molar-refractivity contribution in [2.24, 2.45) is 0 Å². The number of nitrogens with one attached hydrogen (secondary N) is 1. The van der Waals surface area contributed by atoms with Crippen LogP contribution in [0.15, 0.2) is 60.4 Å². The number of fused-ring (bicyclic) bond motifs is 1. The zero-order valence-electron chi connectivity index (χ0n) is 18.3. The minimum absolute atomic E-state index is 0.0967. The van der Waals surface area contributed by atoms with Crippen molar-refractivity contribution >= 4 is 28.8 Å². The van der Waals surface area contributed by atoms with Gasteiger partial charge in [0.1, 0.15) is 11.5 Å². The number of hydrogen-bond donors (Lipinski definition) is 1. The number of nitrogens with zero attached hydrogens (tertiary/aromatic N) is 3. The van der Waals surface area contributed by atoms with E-state index in [4.69, 9.17) is 0 Å². The van der Waals surface area contributed by atoms with E-state index in [1.165, 1.54) is 18.2 Å². The van der Waals surface area contributed by atoms with Gasteiger partial charge in [-0.2, -0.15) is 0 Å². The zero-order valence-corrected chi connectivity index (χ0v) is 18.3. The van der Waals surface area contributed by atoms with Crippen LogP contribution in [0.1, 0.15) is 22.8 Å². The van der Waals surface area contributed by atoms with Crippen LogP contribution in [0.4, 0.5) is 4.39 Å². The summed E-state index contributed by atoms with van der Waals surface area (Å²) in [5.41, 5.74) is 1.92. The van der Waals surface area contributed by atoms with Crippen molar-refractivity contribution in [1.29, 1.82) is 0 Å². The molecule has 1 N–H and O–H groups in total. The molecule has 7 heteroatoms. The second-order valence-corrected chi connectivity index (χ2v) is 7.98. The van der Waals surface area contributed by atoms with Crippen LogP contribution >= 0.6 is 0 Å². The molecular weight excluding hydrogens is 407 g/mol. The Morgan fingerprint density at radius 2 is 1.72 bits per heavy atom. The van der Waals surface area contributed by atoms with Gasteiger partial charge in [-0.15, -0.1) is 0 Å². The number of piperazine rings is 1. The highest BCUT2D eigenvalue weighted by molar-refractivity contribution is 6.06. The first-order chi connectivity index (χ1) is 15.5. The average Bonchev–Trinajstić information content (AvgIpc) is 3.16. The van der Waals surface area contributed by atoms with Gasteiger partial charge in [0, 0.05) is 55.4 Å². The van der Waals surface area contributed by atoms with Crippen molar-refractivity contribution in [3.05, 3.63) is 77.4 Å². The van der Waals surface area contributed by atoms with E-state index in [2.05, 4.69) is 21.7 Å². The first-order valence-corrected chi connectivity index (χ1v) is 10.8. The molecule has 0 spiro atoms. The molecule has 2 amide bonds. The molecule has 0 atom stereocenters. The molecular formula is C25H27FN4O2. The molecule has 1 aromatic heterocycles. The van der Waals surface area contributed by atoms with E-state index in [0.717, 1.165) is 36.1 Å². The molecule has 0 unspecified atom stereocenters. The summed E-state index contributed by atoms with van der Waals surface area (Å²) in [5, 5.41) is 3.68. The summed E-state index contributed by atoms with van der Waals surface area (Å²) in [7, 11) is 2.01. The molecule has 32 heavy (non-hydrogen) atoms. The highest BCUT2D eigenvalue weighted by Crippen LogP contribution is 2.24. The summed E-state index contributed by atoms with van der Waals surface area (Å²) in [6.45, 7) is 5.48. The molecule has 6 nitrogen and oxygen atoms in total. The summed E-state index contributed by atoms with van der Waals surface area (Å²) in [4.78, 5) is 30.1. The van der Waals surface area contributed by atoms with Crippen LogP contribution in [0.3, 0.4) is 0 Å². The molecule has 1 aliphatic heterocycles. The molecule has 0 radical (unpaired) electrons. The smallest absolute Gasteiger partial charge is 0.270 e. The van der Waals surface area contributed by atoms with Crippen molar-refractivity contribution in [3.8, 4) is 0 Å². The summed E-state index contributed by atoms with van der Waals surface area (Å²) in [6, 6.07) is 13.7. The number of carbonyl (C=O) groups is 2. The fourth-order valence-electron chi connectivity index (χ4n) is 3.97. The van der Waals surface area contributed by atoms with Gasteiger partial charge in [-0.3, -0.25) is 9.59 Å². The summed E-state index contributed by atoms with van der Waals surface area (Å²) in [6.07, 6.45) is 3.67. The van der Waals surface area contributed by atoms with Crippen molar-refractivity contribution in [1.82, 2.24) is 19.7 Å². The largest absolute Gasteiger partial charge is 0.347 e. The predicted molar refractivity (Wildman–Crippen MR) is 124 cm³/mol. The lowest BCUT2D eigenvalue weighted by atomic mass is 10.1. The van der Waals surface area contributed by atoms with Gasteiger partial charge in [0.05, 0.1) is 5.56 Å². The van der Waals surface area contributed by atoms with Crippen LogP contribution in [0.2, 0.25) is 0 Å². The van der Waals surface area contributed by atoms with E-state index in [-0.39, 0.29) is 17.2 Å². The van der Waals surface area contributed by atoms with Crippen molar-refractivity contribution in [2.75, 3.05) is 33.2 Å². The summed E-state index contributed by atoms with van der Waals surface area (Å²) < 4.78 is 16.3. The minimum atomic E-state index is -0.643. The predicted octanol–water partition coefficient (Wildman–Crippen LogP) is 3.35. The number of halogens is 1. The molecule has 2 aromatic carbocycles. The maximum Gasteiger partial charge on any atom is 0.270 e. The number of aryl methyl sites for hydroxylation is 1. The van der Waals surface area contributed by atoms with Gasteiger partial charge < -0.3 is 19.7 Å². The van der Waals surface area contributed by atoms with Crippen LogP contribution in [0.5, 0.6) is 0 Å². The number of rotatable bonds is 5. The summed E-state index contributed by atoms with van der Waals surface area (Å²) in [5.74, 6) is -1.54. The lowest BCUT2D eigenvalue weighted by molar-refractivity contribution is -0.128. The van der Waals surface area contributed by atoms with Crippen molar-refractivity contribution in [3.63, 3.8) is 0 Å². The molecule has 3 aromatic rings. The maximum atomic E-state index is 14.2. The average molecular weight is 435 g/mol. The first-order valence-electron chi connectivity index (χ1n) is 10.8. The highest BCUT2D eigenvalue weighted by Gasteiger charge is 2.25. The third-order valence-corrected chi connectivity index (χ3v) is 5.85. The van der Waals surface area contributed by atoms with Gasteiger partial charge in [-0.25, -0.2) is 4.39 Å². The third kappa shape index (κ3) is 4.43. The second-order valence-electron chi connectivity index (χ2n) is 7.98. The Labute approximate surface area is 186 Å². The Kier molecular flexibility index (Phi) is 6.37. The number of carbonyl (C=O) groups excluding carboxylic acids is 2. The van der Waals surface area contributed by atoms with Crippen molar-refractivity contribution in [2.45, 2.75) is 13.5 Å². The summed E-state index contributed by atoms with van der Waals surface area (Å²) >= 11 is 0. The number of likely N-dealkylation sites (N-methyl/N-ethyl adjacent to an activating group) is 1. The zero-order chi connectivity index (χ0) is 22.7. The minimum Gasteiger partial charge on any atom is -0.347 e. The van der Waals surface area contributed by atoms with Gasteiger partial charge in [0.25, 0.3) is 11.8 Å². The number of hydrogen-bond acceptors (Lipinski definition) is 3. The number of benzene rings is 2. The molecule has 1 saturated heterocycles. The normalized spacial score (nSPS) is 15.2. The van der Waals surface area contributed by atoms with E-state index in [1.807, 2.05) is 37.5 Å². The number of aromatic nitrogens is 1. The van der Waals surface area contributed by atoms with E-state index >= 15 is 0 Å². The fourth-order valence-corrected chi connectivity index (χ4v) is 3.97. The second kappa shape index (κ2) is 9.36. The lowest BCUT2D eigenvalue weighted by Crippen LogP contribution is -2.49. The third-order valence-electron chi connectivity index (χ3n) is 5.85. The van der Waals surface area contributed by atoms with Crippen molar-refractivity contribution < 1.29 is 14.0 Å². The molecule has 0 bridgehead atoms. The molecule has 1 aliphatic rings. The van der Waals surface area contributed by atoms with E-state index < -0.39 is 11.7 Å². The van der Waals surface area contributed by atoms with Crippen LogP contribution in [0.25, 0.3) is 17.0 Å². The van der Waals surface area contributed by atoms with Gasteiger partial charge in [-0.1, -0.05) is 30.3 Å². The lowest BCUT2D eigenvalue weighted by Gasteiger charge is -2.33. The SMILES string of the molecule is CCn1cc(/C=C(\NC(=O)c2ccccc2F)C(=O)N2CCN(C)CC2)c2ccccc21. The molecule has 0 aliphatic carbocycles. The Hall–Kier alpha value is -3.45. The van der Waals surface area contributed by atoms with Gasteiger partial charge in [0.2, 0.25) is 0 Å². The van der Waals surface area contributed by atoms with Crippen LogP contribution < -0.4 is 5.32 Å². The van der Waals surface area contributed by atoms with Crippen LogP contribution in [-0.4, -0.2) is 59.4 Å². The quantitative estimate of drug-likeness (QED) is 0.627. The highest BCUT2D eigenvalue weighted by atomic mass is 19.1. The van der Waals surface area contributed by atoms with Gasteiger partial charge >= 0.3 is 0 Å². The van der Waals surface area contributed by atoms with E-state index in [1.54, 1.807) is 17.0 Å². The van der Waals surface area contributed by atoms with Gasteiger partial charge in [-0.05, 0) is 38.2 Å². The number of para-hydroxylation sites is 1. The Morgan fingerprint density at radius 1 is 1.03 bits per heavy atom. The monoisotopic (exact) mass is 434 g/mol. The molecule has 0 saturated carbocycles. The molecule has 166 valence electrons. The standard InChI is InChI=1S/C25H27FN4O2/c1-3-29-17-18(19-8-5-7-11-23(19)29)16-22(25(32)30-14-12-28(2)13-15-30)27-24(31)20-9-4-6-10-21(20)26/h4-11,16-17H,3,12-15H2,1-2H3,(H,27,31)/b22-16-. The Morgan fingerprint density at radius 3 is 2.44 bits per heavy atom. The van der Waals surface area contributed by atoms with Crippen LogP contribution in [-0.2, 0) is 11.3 Å². The first kappa shape index (κ1) is 21.8. The Bertz CT molecular complexity index is 1180. The molecule has 1 fully saturated rings. The topological polar surface area (TPSA) is 57.6 Å². The molecule has 4 rings (SSSR count). The van der Waals surface area contributed by atoms with Crippen LogP contribution in [0, 0.1) is 5.82 Å².